The highest BCUT2D eigenvalue weighted by Crippen LogP contribution is 2.14. The first-order chi connectivity index (χ1) is 11.1. The summed E-state index contributed by atoms with van der Waals surface area (Å²) in [6.07, 6.45) is 3.35. The van der Waals surface area contributed by atoms with E-state index in [4.69, 9.17) is 21.4 Å². The fourth-order valence-corrected chi connectivity index (χ4v) is 1.56. The standard InChI is InChI=1S/C16H14N4O3/c17-14(16(21)22)15(20-18)23-13-7-5-11(6-8-13)3-4-12-2-1-9-19-10-12/h1-2,5-10,20H,17-18H2,(H,21,22)/b15-14+. The third-order valence-corrected chi connectivity index (χ3v) is 2.69. The van der Waals surface area contributed by atoms with Gasteiger partial charge in [0.2, 0.25) is 5.88 Å². The summed E-state index contributed by atoms with van der Waals surface area (Å²) in [5.41, 5.74) is 8.50. The summed E-state index contributed by atoms with van der Waals surface area (Å²) in [6.45, 7) is 0. The Morgan fingerprint density at radius 3 is 2.43 bits per heavy atom. The number of nitrogens with one attached hydrogen (secondary N) is 1. The van der Waals surface area contributed by atoms with Gasteiger partial charge in [0.1, 0.15) is 5.75 Å². The molecule has 0 unspecified atom stereocenters. The van der Waals surface area contributed by atoms with Crippen LogP contribution in [0.25, 0.3) is 0 Å². The van der Waals surface area contributed by atoms with Crippen molar-refractivity contribution in [2.75, 3.05) is 0 Å². The van der Waals surface area contributed by atoms with Crippen molar-refractivity contribution in [3.05, 3.63) is 71.5 Å². The van der Waals surface area contributed by atoms with Gasteiger partial charge in [-0.1, -0.05) is 11.8 Å². The summed E-state index contributed by atoms with van der Waals surface area (Å²) in [5, 5.41) is 8.80. The monoisotopic (exact) mass is 310 g/mol. The zero-order valence-corrected chi connectivity index (χ0v) is 12.0. The van der Waals surface area contributed by atoms with Crippen molar-refractivity contribution >= 4 is 5.97 Å². The lowest BCUT2D eigenvalue weighted by atomic mass is 10.2. The van der Waals surface area contributed by atoms with Crippen molar-refractivity contribution in [3.63, 3.8) is 0 Å². The number of aliphatic carboxylic acids is 1. The van der Waals surface area contributed by atoms with Gasteiger partial charge in [0.05, 0.1) is 0 Å². The summed E-state index contributed by atoms with van der Waals surface area (Å²) in [6, 6.07) is 10.4. The molecule has 0 aliphatic heterocycles. The molecular formula is C16H14N4O3. The van der Waals surface area contributed by atoms with E-state index in [1.165, 1.54) is 0 Å². The predicted octanol–water partition coefficient (Wildman–Crippen LogP) is 0.536. The van der Waals surface area contributed by atoms with Crippen LogP contribution in [0.15, 0.2) is 60.4 Å². The van der Waals surface area contributed by atoms with Gasteiger partial charge in [0.15, 0.2) is 5.70 Å². The Morgan fingerprint density at radius 2 is 1.87 bits per heavy atom. The number of carbonyl (C=O) groups is 1. The lowest BCUT2D eigenvalue weighted by Crippen LogP contribution is -2.31. The Hall–Kier alpha value is -3.50. The van der Waals surface area contributed by atoms with Gasteiger partial charge >= 0.3 is 5.97 Å². The van der Waals surface area contributed by atoms with Crippen molar-refractivity contribution in [3.8, 4) is 17.6 Å². The van der Waals surface area contributed by atoms with Crippen LogP contribution < -0.4 is 21.7 Å². The first kappa shape index (κ1) is 15.9. The van der Waals surface area contributed by atoms with E-state index in [0.29, 0.717) is 5.75 Å². The first-order valence-corrected chi connectivity index (χ1v) is 6.50. The van der Waals surface area contributed by atoms with E-state index < -0.39 is 11.7 Å². The number of benzene rings is 1. The average Bonchev–Trinajstić information content (AvgIpc) is 2.59. The second kappa shape index (κ2) is 7.49. The van der Waals surface area contributed by atoms with E-state index >= 15 is 0 Å². The minimum absolute atomic E-state index is 0.244. The van der Waals surface area contributed by atoms with Crippen molar-refractivity contribution in [1.82, 2.24) is 10.4 Å². The van der Waals surface area contributed by atoms with Gasteiger partial charge in [-0.15, -0.1) is 0 Å². The molecule has 0 saturated carbocycles. The molecular weight excluding hydrogens is 296 g/mol. The summed E-state index contributed by atoms with van der Waals surface area (Å²) in [5.74, 6) is 9.94. The SMILES string of the molecule is NN/C(Oc1ccc(C#Cc2cccnc2)cc1)=C(\N)C(=O)O. The number of rotatable bonds is 4. The van der Waals surface area contributed by atoms with Crippen molar-refractivity contribution in [2.24, 2.45) is 11.6 Å². The van der Waals surface area contributed by atoms with Crippen LogP contribution in [-0.2, 0) is 4.79 Å². The zero-order valence-electron chi connectivity index (χ0n) is 12.0. The number of nitrogens with two attached hydrogens (primary N) is 2. The molecule has 7 nitrogen and oxygen atoms in total. The van der Waals surface area contributed by atoms with E-state index in [2.05, 4.69) is 22.3 Å². The molecule has 6 N–H and O–H groups in total. The maximum atomic E-state index is 10.8. The van der Waals surface area contributed by atoms with Crippen LogP contribution in [0.5, 0.6) is 5.75 Å². The van der Waals surface area contributed by atoms with Gasteiger partial charge in [-0.25, -0.2) is 10.6 Å². The molecule has 23 heavy (non-hydrogen) atoms. The highest BCUT2D eigenvalue weighted by molar-refractivity contribution is 5.85. The molecule has 0 saturated heterocycles. The molecule has 1 heterocycles. The molecule has 116 valence electrons. The zero-order chi connectivity index (χ0) is 16.7. The van der Waals surface area contributed by atoms with Gasteiger partial charge in [-0.05, 0) is 36.4 Å². The highest BCUT2D eigenvalue weighted by atomic mass is 16.5. The molecule has 7 heteroatoms. The summed E-state index contributed by atoms with van der Waals surface area (Å²) in [7, 11) is 0. The predicted molar refractivity (Wildman–Crippen MR) is 83.5 cm³/mol. The van der Waals surface area contributed by atoms with Crippen LogP contribution in [0.4, 0.5) is 0 Å². The van der Waals surface area contributed by atoms with Gasteiger partial charge in [0, 0.05) is 23.5 Å². The van der Waals surface area contributed by atoms with E-state index in [0.717, 1.165) is 11.1 Å². The number of ether oxygens (including phenoxy) is 1. The highest BCUT2D eigenvalue weighted by Gasteiger charge is 2.11. The van der Waals surface area contributed by atoms with E-state index in [9.17, 15) is 4.79 Å². The number of pyridine rings is 1. The van der Waals surface area contributed by atoms with Crippen LogP contribution in [0.2, 0.25) is 0 Å². The maximum Gasteiger partial charge on any atom is 0.357 e. The molecule has 0 atom stereocenters. The van der Waals surface area contributed by atoms with Crippen LogP contribution in [0.3, 0.4) is 0 Å². The number of carboxylic acid groups (broad SMARTS) is 1. The summed E-state index contributed by atoms with van der Waals surface area (Å²) < 4.78 is 5.28. The van der Waals surface area contributed by atoms with E-state index in [1.54, 1.807) is 36.7 Å². The molecule has 2 rings (SSSR count). The fraction of sp³-hybridized carbons (Fsp3) is 0. The van der Waals surface area contributed by atoms with Crippen LogP contribution >= 0.6 is 0 Å². The Kier molecular flexibility index (Phi) is 5.17. The van der Waals surface area contributed by atoms with Gasteiger partial charge in [-0.2, -0.15) is 0 Å². The largest absolute Gasteiger partial charge is 0.476 e. The van der Waals surface area contributed by atoms with Crippen molar-refractivity contribution in [1.29, 1.82) is 0 Å². The third kappa shape index (κ3) is 4.49. The molecule has 1 aromatic heterocycles. The minimum Gasteiger partial charge on any atom is -0.476 e. The van der Waals surface area contributed by atoms with Crippen LogP contribution in [0.1, 0.15) is 11.1 Å². The number of nitrogens with zero attached hydrogens (tertiary/aromatic N) is 1. The maximum absolute atomic E-state index is 10.8. The van der Waals surface area contributed by atoms with Crippen molar-refractivity contribution in [2.45, 2.75) is 0 Å². The lowest BCUT2D eigenvalue weighted by molar-refractivity contribution is -0.132. The number of aromatic nitrogens is 1. The number of hydrazine groups is 1. The van der Waals surface area contributed by atoms with Crippen molar-refractivity contribution < 1.29 is 14.6 Å². The molecule has 0 fully saturated rings. The normalized spacial score (nSPS) is 10.8. The third-order valence-electron chi connectivity index (χ3n) is 2.69. The number of carboxylic acids is 1. The van der Waals surface area contributed by atoms with E-state index in [-0.39, 0.29) is 5.88 Å². The molecule has 1 aromatic carbocycles. The smallest absolute Gasteiger partial charge is 0.357 e. The summed E-state index contributed by atoms with van der Waals surface area (Å²) >= 11 is 0. The Balaban J connectivity index is 2.13. The molecule has 0 radical (unpaired) electrons. The van der Waals surface area contributed by atoms with Crippen LogP contribution in [0, 0.1) is 11.8 Å². The molecule has 0 spiro atoms. The van der Waals surface area contributed by atoms with Gasteiger partial charge in [0.25, 0.3) is 0 Å². The Morgan fingerprint density at radius 1 is 1.17 bits per heavy atom. The topological polar surface area (TPSA) is 123 Å². The molecule has 0 amide bonds. The average molecular weight is 310 g/mol. The number of hydrogen-bond donors (Lipinski definition) is 4. The molecule has 2 aromatic rings. The first-order valence-electron chi connectivity index (χ1n) is 6.50. The van der Waals surface area contributed by atoms with E-state index in [1.807, 2.05) is 12.1 Å². The molecule has 0 aliphatic carbocycles. The van der Waals surface area contributed by atoms with Gasteiger partial charge < -0.3 is 15.6 Å². The minimum atomic E-state index is -1.34. The Bertz CT molecular complexity index is 774. The fourth-order valence-electron chi connectivity index (χ4n) is 1.56. The second-order valence-electron chi connectivity index (χ2n) is 4.31. The molecule has 0 bridgehead atoms. The number of hydrogen-bond acceptors (Lipinski definition) is 6. The van der Waals surface area contributed by atoms with Crippen LogP contribution in [-0.4, -0.2) is 16.1 Å². The Labute approximate surface area is 132 Å². The molecule has 0 aliphatic rings. The van der Waals surface area contributed by atoms with Gasteiger partial charge in [-0.3, -0.25) is 10.4 Å². The quantitative estimate of drug-likeness (QED) is 0.213. The summed E-state index contributed by atoms with van der Waals surface area (Å²) in [4.78, 5) is 14.8. The second-order valence-corrected chi connectivity index (χ2v) is 4.31. The lowest BCUT2D eigenvalue weighted by Gasteiger charge is -2.10.